The molecule has 2 aliphatic rings. The Kier molecular flexibility index (Phi) is 3.57. The highest BCUT2D eigenvalue weighted by atomic mass is 16.5. The Bertz CT molecular complexity index is 242. The molecule has 0 bridgehead atoms. The lowest BCUT2D eigenvalue weighted by atomic mass is 9.64. The number of aliphatic hydroxyl groups is 1. The van der Waals surface area contributed by atoms with E-state index < -0.39 is 0 Å². The van der Waals surface area contributed by atoms with Crippen molar-refractivity contribution in [2.45, 2.75) is 70.2 Å². The molecule has 0 aliphatic heterocycles. The third kappa shape index (κ3) is 2.13. The average molecular weight is 227 g/mol. The zero-order chi connectivity index (χ0) is 11.8. The molecule has 0 radical (unpaired) electrons. The van der Waals surface area contributed by atoms with Crippen molar-refractivity contribution in [1.82, 2.24) is 5.32 Å². The lowest BCUT2D eigenvalue weighted by Gasteiger charge is -2.53. The summed E-state index contributed by atoms with van der Waals surface area (Å²) in [6, 6.07) is 0.797. The van der Waals surface area contributed by atoms with Gasteiger partial charge in [-0.15, -0.1) is 0 Å². The van der Waals surface area contributed by atoms with Gasteiger partial charge in [0.05, 0.1) is 12.2 Å². The van der Waals surface area contributed by atoms with Crippen molar-refractivity contribution in [2.24, 2.45) is 5.41 Å². The Labute approximate surface area is 98.6 Å². The molecule has 0 heterocycles. The number of hydrogen-bond donors (Lipinski definition) is 2. The van der Waals surface area contributed by atoms with Crippen LogP contribution in [0.5, 0.6) is 0 Å². The van der Waals surface area contributed by atoms with Gasteiger partial charge >= 0.3 is 0 Å². The minimum absolute atomic E-state index is 0.147. The summed E-state index contributed by atoms with van der Waals surface area (Å²) in [5, 5.41) is 13.6. The Balaban J connectivity index is 1.86. The highest BCUT2D eigenvalue weighted by molar-refractivity contribution is 5.04. The van der Waals surface area contributed by atoms with Crippen LogP contribution in [0.1, 0.15) is 46.0 Å². The largest absolute Gasteiger partial charge is 0.392 e. The molecule has 3 heteroatoms. The van der Waals surface area contributed by atoms with Gasteiger partial charge in [0.15, 0.2) is 0 Å². The van der Waals surface area contributed by atoms with Crippen molar-refractivity contribution in [2.75, 3.05) is 7.11 Å². The first kappa shape index (κ1) is 12.3. The number of methoxy groups -OCH3 is 1. The van der Waals surface area contributed by atoms with Crippen molar-refractivity contribution in [3.05, 3.63) is 0 Å². The average Bonchev–Trinajstić information content (AvgIpc) is 2.26. The van der Waals surface area contributed by atoms with E-state index in [-0.39, 0.29) is 11.5 Å². The fraction of sp³-hybridized carbons (Fsp3) is 1.00. The smallest absolute Gasteiger partial charge is 0.0693 e. The maximum Gasteiger partial charge on any atom is 0.0693 e. The standard InChI is InChI=1S/C13H25NO2/c1-13(2)11(8-12(13)16-3)14-9-6-4-5-7-10(9)15/h9-12,14-15H,4-8H2,1-3H3/t9-,10-,11?,12?/m1/s1. The first-order chi connectivity index (χ1) is 7.55. The van der Waals surface area contributed by atoms with Crippen molar-refractivity contribution in [1.29, 1.82) is 0 Å². The summed E-state index contributed by atoms with van der Waals surface area (Å²) in [7, 11) is 1.79. The molecule has 4 atom stereocenters. The van der Waals surface area contributed by atoms with Crippen LogP contribution in [-0.2, 0) is 4.74 Å². The molecule has 0 aromatic rings. The second-order valence-electron chi connectivity index (χ2n) is 5.96. The topological polar surface area (TPSA) is 41.5 Å². The quantitative estimate of drug-likeness (QED) is 0.771. The molecule has 3 nitrogen and oxygen atoms in total. The molecule has 2 N–H and O–H groups in total. The van der Waals surface area contributed by atoms with Crippen LogP contribution in [0.4, 0.5) is 0 Å². The normalized spacial score (nSPS) is 42.8. The van der Waals surface area contributed by atoms with Gasteiger partial charge in [0.25, 0.3) is 0 Å². The molecule has 0 aromatic heterocycles. The molecule has 2 saturated carbocycles. The van der Waals surface area contributed by atoms with E-state index in [0.29, 0.717) is 18.2 Å². The van der Waals surface area contributed by atoms with E-state index in [0.717, 1.165) is 19.3 Å². The van der Waals surface area contributed by atoms with Gasteiger partial charge in [-0.25, -0.2) is 0 Å². The zero-order valence-electron chi connectivity index (χ0n) is 10.7. The van der Waals surface area contributed by atoms with Gasteiger partial charge in [-0.05, 0) is 19.3 Å². The van der Waals surface area contributed by atoms with Crippen molar-refractivity contribution in [3.8, 4) is 0 Å². The first-order valence-corrected chi connectivity index (χ1v) is 6.52. The minimum Gasteiger partial charge on any atom is -0.392 e. The van der Waals surface area contributed by atoms with E-state index in [1.165, 1.54) is 12.8 Å². The highest BCUT2D eigenvalue weighted by Crippen LogP contribution is 2.43. The van der Waals surface area contributed by atoms with Crippen LogP contribution >= 0.6 is 0 Å². The fourth-order valence-electron chi connectivity index (χ4n) is 3.13. The van der Waals surface area contributed by atoms with Crippen molar-refractivity contribution < 1.29 is 9.84 Å². The Morgan fingerprint density at radius 1 is 1.25 bits per heavy atom. The van der Waals surface area contributed by atoms with Crippen molar-refractivity contribution in [3.63, 3.8) is 0 Å². The molecule has 2 aliphatic carbocycles. The summed E-state index contributed by atoms with van der Waals surface area (Å²) in [6.45, 7) is 4.50. The van der Waals surface area contributed by atoms with Crippen LogP contribution in [0.15, 0.2) is 0 Å². The van der Waals surface area contributed by atoms with E-state index in [2.05, 4.69) is 19.2 Å². The predicted octanol–water partition coefficient (Wildman–Crippen LogP) is 1.69. The second kappa shape index (κ2) is 4.63. The maximum absolute atomic E-state index is 9.94. The van der Waals surface area contributed by atoms with Gasteiger partial charge in [0, 0.05) is 24.6 Å². The SMILES string of the molecule is COC1CC(N[C@@H]2CCCC[C@H]2O)C1(C)C. The Morgan fingerprint density at radius 2 is 1.94 bits per heavy atom. The van der Waals surface area contributed by atoms with Crippen LogP contribution in [0.25, 0.3) is 0 Å². The third-order valence-electron chi connectivity index (χ3n) is 4.61. The Morgan fingerprint density at radius 3 is 2.50 bits per heavy atom. The monoisotopic (exact) mass is 227 g/mol. The lowest BCUT2D eigenvalue weighted by molar-refractivity contribution is -0.105. The van der Waals surface area contributed by atoms with Gasteiger partial charge in [-0.1, -0.05) is 26.7 Å². The van der Waals surface area contributed by atoms with Crippen LogP contribution in [0.3, 0.4) is 0 Å². The highest BCUT2D eigenvalue weighted by Gasteiger charge is 2.49. The Hall–Kier alpha value is -0.120. The number of nitrogens with one attached hydrogen (secondary N) is 1. The first-order valence-electron chi connectivity index (χ1n) is 6.52. The summed E-state index contributed by atoms with van der Waals surface area (Å²) < 4.78 is 5.45. The molecule has 2 rings (SSSR count). The molecule has 0 amide bonds. The minimum atomic E-state index is -0.147. The second-order valence-corrected chi connectivity index (χ2v) is 5.96. The van der Waals surface area contributed by atoms with E-state index in [1.54, 1.807) is 7.11 Å². The van der Waals surface area contributed by atoms with E-state index in [9.17, 15) is 5.11 Å². The van der Waals surface area contributed by atoms with Gasteiger partial charge < -0.3 is 15.2 Å². The number of hydrogen-bond acceptors (Lipinski definition) is 3. The summed E-state index contributed by atoms with van der Waals surface area (Å²) in [6.07, 6.45) is 5.79. The van der Waals surface area contributed by atoms with Crippen LogP contribution in [-0.4, -0.2) is 36.5 Å². The zero-order valence-corrected chi connectivity index (χ0v) is 10.7. The lowest BCUT2D eigenvalue weighted by Crippen LogP contribution is -2.64. The summed E-state index contributed by atoms with van der Waals surface area (Å²) in [5.74, 6) is 0. The van der Waals surface area contributed by atoms with Crippen molar-refractivity contribution >= 4 is 0 Å². The molecule has 0 saturated heterocycles. The van der Waals surface area contributed by atoms with Crippen LogP contribution < -0.4 is 5.32 Å². The molecular formula is C13H25NO2. The molecular weight excluding hydrogens is 202 g/mol. The van der Waals surface area contributed by atoms with Gasteiger partial charge in [0.1, 0.15) is 0 Å². The predicted molar refractivity (Wildman–Crippen MR) is 64.4 cm³/mol. The van der Waals surface area contributed by atoms with Gasteiger partial charge in [-0.2, -0.15) is 0 Å². The van der Waals surface area contributed by atoms with E-state index >= 15 is 0 Å². The summed E-state index contributed by atoms with van der Waals surface area (Å²) in [5.41, 5.74) is 0.200. The third-order valence-corrected chi connectivity index (χ3v) is 4.61. The van der Waals surface area contributed by atoms with Gasteiger partial charge in [-0.3, -0.25) is 0 Å². The molecule has 2 fully saturated rings. The van der Waals surface area contributed by atoms with Crippen LogP contribution in [0.2, 0.25) is 0 Å². The molecule has 94 valence electrons. The van der Waals surface area contributed by atoms with E-state index in [1.807, 2.05) is 0 Å². The number of aliphatic hydroxyl groups excluding tert-OH is 1. The molecule has 0 aromatic carbocycles. The number of ether oxygens (including phenoxy) is 1. The summed E-state index contributed by atoms with van der Waals surface area (Å²) in [4.78, 5) is 0. The maximum atomic E-state index is 9.94. The number of rotatable bonds is 3. The molecule has 0 spiro atoms. The van der Waals surface area contributed by atoms with Gasteiger partial charge in [0.2, 0.25) is 0 Å². The van der Waals surface area contributed by atoms with Crippen LogP contribution in [0, 0.1) is 5.41 Å². The summed E-state index contributed by atoms with van der Waals surface area (Å²) >= 11 is 0. The molecule has 2 unspecified atom stereocenters. The fourth-order valence-corrected chi connectivity index (χ4v) is 3.13. The molecule has 16 heavy (non-hydrogen) atoms. The van der Waals surface area contributed by atoms with E-state index in [4.69, 9.17) is 4.74 Å².